The van der Waals surface area contributed by atoms with Crippen molar-refractivity contribution in [1.29, 1.82) is 0 Å². The lowest BCUT2D eigenvalue weighted by atomic mass is 11.0. The van der Waals surface area contributed by atoms with E-state index in [1.165, 1.54) is 0 Å². The summed E-state index contributed by atoms with van der Waals surface area (Å²) in [6.45, 7) is 6.89. The van der Waals surface area contributed by atoms with Crippen LogP contribution in [0.25, 0.3) is 0 Å². The Kier molecular flexibility index (Phi) is 2.43. The summed E-state index contributed by atoms with van der Waals surface area (Å²) in [4.78, 5) is 0. The normalized spacial score (nSPS) is 18.5. The molecule has 0 unspecified atom stereocenters. The van der Waals surface area contributed by atoms with Gasteiger partial charge in [0, 0.05) is 6.20 Å². The lowest BCUT2D eigenvalue weighted by Gasteiger charge is -2.26. The zero-order valence-corrected chi connectivity index (χ0v) is 8.53. The van der Waals surface area contributed by atoms with Gasteiger partial charge in [-0.05, 0) is 5.41 Å². The summed E-state index contributed by atoms with van der Waals surface area (Å²) in [7, 11) is -1.11. The Hall–Kier alpha value is 0.0669. The Morgan fingerprint density at radius 1 is 1.50 bits per heavy atom. The SMILES string of the molecule is C[Si](C)(C)NN1C=CSC1. The molecule has 0 bridgehead atoms. The summed E-state index contributed by atoms with van der Waals surface area (Å²) in [5.74, 6) is 1.06. The quantitative estimate of drug-likeness (QED) is 0.643. The van der Waals surface area contributed by atoms with E-state index in [2.05, 4.69) is 41.3 Å². The molecule has 58 valence electrons. The van der Waals surface area contributed by atoms with Gasteiger partial charge in [0.1, 0.15) is 8.24 Å². The topological polar surface area (TPSA) is 15.3 Å². The second-order valence-corrected chi connectivity index (χ2v) is 9.00. The molecule has 1 N–H and O–H groups in total. The zero-order chi connectivity index (χ0) is 7.61. The van der Waals surface area contributed by atoms with E-state index in [9.17, 15) is 0 Å². The number of hydrogen-bond donors (Lipinski definition) is 1. The van der Waals surface area contributed by atoms with E-state index >= 15 is 0 Å². The molecule has 0 fully saturated rings. The van der Waals surface area contributed by atoms with E-state index < -0.39 is 8.24 Å². The average molecular weight is 174 g/mol. The number of nitrogens with zero attached hydrogens (tertiary/aromatic N) is 1. The molecule has 1 aliphatic heterocycles. The van der Waals surface area contributed by atoms with Crippen molar-refractivity contribution in [2.24, 2.45) is 0 Å². The van der Waals surface area contributed by atoms with E-state index in [1.807, 2.05) is 11.8 Å². The number of nitrogens with one attached hydrogen (secondary N) is 1. The summed E-state index contributed by atoms with van der Waals surface area (Å²) in [6.07, 6.45) is 2.10. The highest BCUT2D eigenvalue weighted by Crippen LogP contribution is 2.13. The first-order valence-electron chi connectivity index (χ1n) is 3.41. The molecular formula is C6H14N2SSi. The molecule has 0 radical (unpaired) electrons. The molecule has 1 heterocycles. The summed E-state index contributed by atoms with van der Waals surface area (Å²) >= 11 is 1.83. The molecule has 0 spiro atoms. The van der Waals surface area contributed by atoms with Gasteiger partial charge in [-0.25, -0.2) is 0 Å². The van der Waals surface area contributed by atoms with E-state index in [1.54, 1.807) is 0 Å². The van der Waals surface area contributed by atoms with Gasteiger partial charge in [0.15, 0.2) is 0 Å². The maximum absolute atomic E-state index is 3.48. The van der Waals surface area contributed by atoms with Crippen LogP contribution in [0, 0.1) is 0 Å². The number of hydrazine groups is 1. The van der Waals surface area contributed by atoms with E-state index in [4.69, 9.17) is 0 Å². The fourth-order valence-corrected chi connectivity index (χ4v) is 2.54. The van der Waals surface area contributed by atoms with Crippen LogP contribution in [-0.4, -0.2) is 19.1 Å². The predicted octanol–water partition coefficient (Wildman–Crippen LogP) is 1.80. The molecule has 2 nitrogen and oxygen atoms in total. The van der Waals surface area contributed by atoms with Crippen molar-refractivity contribution < 1.29 is 0 Å². The van der Waals surface area contributed by atoms with Crippen molar-refractivity contribution in [3.05, 3.63) is 11.6 Å². The van der Waals surface area contributed by atoms with Crippen LogP contribution < -0.4 is 5.09 Å². The lowest BCUT2D eigenvalue weighted by molar-refractivity contribution is 0.401. The van der Waals surface area contributed by atoms with Crippen LogP contribution in [0.4, 0.5) is 0 Å². The molecule has 0 aromatic carbocycles. The first kappa shape index (κ1) is 8.17. The molecule has 0 saturated carbocycles. The van der Waals surface area contributed by atoms with Crippen molar-refractivity contribution in [3.63, 3.8) is 0 Å². The van der Waals surface area contributed by atoms with Crippen molar-refractivity contribution in [1.82, 2.24) is 10.1 Å². The van der Waals surface area contributed by atoms with Crippen LogP contribution in [0.3, 0.4) is 0 Å². The van der Waals surface area contributed by atoms with Gasteiger partial charge in [-0.3, -0.25) is 5.09 Å². The molecule has 0 atom stereocenters. The zero-order valence-electron chi connectivity index (χ0n) is 6.72. The Bertz CT molecular complexity index is 141. The van der Waals surface area contributed by atoms with Gasteiger partial charge in [0.05, 0.1) is 5.88 Å². The standard InChI is InChI=1S/C6H14N2SSi/c1-10(2,3)7-8-4-5-9-6-8/h4-5,7H,6H2,1-3H3. The minimum atomic E-state index is -1.11. The number of hydrogen-bond acceptors (Lipinski definition) is 3. The minimum Gasteiger partial charge on any atom is -0.311 e. The van der Waals surface area contributed by atoms with Crippen LogP contribution in [0.2, 0.25) is 19.6 Å². The molecule has 0 aliphatic carbocycles. The largest absolute Gasteiger partial charge is 0.311 e. The number of rotatable bonds is 2. The smallest absolute Gasteiger partial charge is 0.139 e. The fourth-order valence-electron chi connectivity index (χ4n) is 0.783. The Morgan fingerprint density at radius 2 is 2.20 bits per heavy atom. The van der Waals surface area contributed by atoms with Gasteiger partial charge >= 0.3 is 0 Å². The van der Waals surface area contributed by atoms with Gasteiger partial charge < -0.3 is 5.01 Å². The van der Waals surface area contributed by atoms with E-state index in [0.717, 1.165) is 5.88 Å². The van der Waals surface area contributed by atoms with Crippen molar-refractivity contribution >= 4 is 20.0 Å². The highest BCUT2D eigenvalue weighted by atomic mass is 32.2. The monoisotopic (exact) mass is 174 g/mol. The van der Waals surface area contributed by atoms with Gasteiger partial charge in [0.2, 0.25) is 0 Å². The van der Waals surface area contributed by atoms with Gasteiger partial charge in [-0.15, -0.1) is 11.8 Å². The van der Waals surface area contributed by atoms with Crippen molar-refractivity contribution in [2.45, 2.75) is 19.6 Å². The molecule has 0 saturated heterocycles. The van der Waals surface area contributed by atoms with Crippen molar-refractivity contribution in [2.75, 3.05) is 5.88 Å². The maximum atomic E-state index is 3.48. The molecular weight excluding hydrogens is 160 g/mol. The predicted molar refractivity (Wildman–Crippen MR) is 49.9 cm³/mol. The second kappa shape index (κ2) is 2.98. The van der Waals surface area contributed by atoms with Crippen LogP contribution >= 0.6 is 11.8 Å². The second-order valence-electron chi connectivity index (χ2n) is 3.41. The third kappa shape index (κ3) is 2.77. The Labute approximate surface area is 67.7 Å². The van der Waals surface area contributed by atoms with Crippen LogP contribution in [0.15, 0.2) is 11.6 Å². The maximum Gasteiger partial charge on any atom is 0.139 e. The molecule has 10 heavy (non-hydrogen) atoms. The molecule has 0 amide bonds. The summed E-state index contributed by atoms with van der Waals surface area (Å²) in [6, 6.07) is 0. The molecule has 1 rings (SSSR count). The van der Waals surface area contributed by atoms with E-state index in [-0.39, 0.29) is 0 Å². The van der Waals surface area contributed by atoms with Gasteiger partial charge in [0.25, 0.3) is 0 Å². The highest BCUT2D eigenvalue weighted by Gasteiger charge is 2.16. The van der Waals surface area contributed by atoms with Gasteiger partial charge in [-0.2, -0.15) is 0 Å². The highest BCUT2D eigenvalue weighted by molar-refractivity contribution is 8.02. The van der Waals surface area contributed by atoms with Crippen LogP contribution in [0.1, 0.15) is 0 Å². The third-order valence-corrected chi connectivity index (χ3v) is 2.73. The Balaban J connectivity index is 2.31. The minimum absolute atomic E-state index is 1.06. The lowest BCUT2D eigenvalue weighted by Crippen LogP contribution is -2.49. The summed E-state index contributed by atoms with van der Waals surface area (Å²) < 4.78 is 0. The first-order valence-corrected chi connectivity index (χ1v) is 7.95. The number of thioether (sulfide) groups is 1. The molecule has 1 aliphatic rings. The molecule has 0 aromatic rings. The molecule has 0 aromatic heterocycles. The van der Waals surface area contributed by atoms with Gasteiger partial charge in [-0.1, -0.05) is 19.6 Å². The summed E-state index contributed by atoms with van der Waals surface area (Å²) in [5, 5.41) is 7.76. The first-order chi connectivity index (χ1) is 4.58. The third-order valence-electron chi connectivity index (χ3n) is 1.03. The average Bonchev–Trinajstić information content (AvgIpc) is 2.12. The van der Waals surface area contributed by atoms with Crippen molar-refractivity contribution in [3.8, 4) is 0 Å². The van der Waals surface area contributed by atoms with Crippen LogP contribution in [0.5, 0.6) is 0 Å². The molecule has 4 heteroatoms. The van der Waals surface area contributed by atoms with Crippen LogP contribution in [-0.2, 0) is 0 Å². The summed E-state index contributed by atoms with van der Waals surface area (Å²) in [5.41, 5.74) is 0. The van der Waals surface area contributed by atoms with E-state index in [0.29, 0.717) is 0 Å². The Morgan fingerprint density at radius 3 is 2.60 bits per heavy atom. The fraction of sp³-hybridized carbons (Fsp3) is 0.667.